The molecule has 0 atom stereocenters. The van der Waals surface area contributed by atoms with E-state index in [9.17, 15) is 28.6 Å². The van der Waals surface area contributed by atoms with Gasteiger partial charge in [0.15, 0.2) is 4.90 Å². The molecule has 94 valence electrons. The van der Waals surface area contributed by atoms with E-state index in [4.69, 9.17) is 4.55 Å². The summed E-state index contributed by atoms with van der Waals surface area (Å²) in [6.45, 7) is 1.20. The molecule has 0 aliphatic rings. The number of rotatable bonds is 3. The monoisotopic (exact) mass is 286 g/mol. The SMILES string of the molecule is Cc1cc(S(=O)(=O)O)c([N+](=O)[O-])cc1[N+](=O)[O-].[H-].[Na+]. The van der Waals surface area contributed by atoms with E-state index in [1.807, 2.05) is 0 Å². The Labute approximate surface area is 125 Å². The summed E-state index contributed by atoms with van der Waals surface area (Å²) in [6, 6.07) is 1.18. The molecule has 0 radical (unpaired) electrons. The van der Waals surface area contributed by atoms with Gasteiger partial charge >= 0.3 is 39.7 Å². The predicted octanol–water partition coefficient (Wildman–Crippen LogP) is -1.83. The molecule has 0 aliphatic heterocycles. The van der Waals surface area contributed by atoms with Gasteiger partial charge < -0.3 is 1.43 Å². The van der Waals surface area contributed by atoms with Gasteiger partial charge in [0.1, 0.15) is 0 Å². The van der Waals surface area contributed by atoms with Crippen LogP contribution in [0.3, 0.4) is 0 Å². The van der Waals surface area contributed by atoms with Crippen molar-refractivity contribution in [2.24, 2.45) is 0 Å². The fourth-order valence-electron chi connectivity index (χ4n) is 1.20. The van der Waals surface area contributed by atoms with Gasteiger partial charge in [-0.15, -0.1) is 0 Å². The Morgan fingerprint density at radius 3 is 1.94 bits per heavy atom. The molecule has 11 heteroatoms. The number of benzene rings is 1. The fraction of sp³-hybridized carbons (Fsp3) is 0.143. The Morgan fingerprint density at radius 2 is 1.61 bits per heavy atom. The van der Waals surface area contributed by atoms with Crippen LogP contribution in [0.4, 0.5) is 11.4 Å². The molecular formula is C7H7N2NaO7S. The summed E-state index contributed by atoms with van der Waals surface area (Å²) in [6.07, 6.45) is 0. The number of hydrogen-bond acceptors (Lipinski definition) is 6. The maximum Gasteiger partial charge on any atom is 1.00 e. The van der Waals surface area contributed by atoms with Crippen molar-refractivity contribution < 1.29 is 53.8 Å². The smallest absolute Gasteiger partial charge is 1.00 e. The summed E-state index contributed by atoms with van der Waals surface area (Å²) in [5.74, 6) is 0. The molecule has 0 saturated carbocycles. The molecule has 1 aromatic carbocycles. The molecule has 1 aromatic rings. The van der Waals surface area contributed by atoms with E-state index in [0.29, 0.717) is 12.1 Å². The van der Waals surface area contributed by atoms with E-state index in [1.165, 1.54) is 6.92 Å². The van der Waals surface area contributed by atoms with Crippen LogP contribution in [0, 0.1) is 27.2 Å². The van der Waals surface area contributed by atoms with Gasteiger partial charge in [-0.25, -0.2) is 0 Å². The van der Waals surface area contributed by atoms with Crippen LogP contribution in [0.2, 0.25) is 0 Å². The summed E-state index contributed by atoms with van der Waals surface area (Å²) in [5, 5.41) is 21.1. The summed E-state index contributed by atoms with van der Waals surface area (Å²) < 4.78 is 30.5. The van der Waals surface area contributed by atoms with Crippen LogP contribution in [-0.4, -0.2) is 22.8 Å². The van der Waals surface area contributed by atoms with E-state index in [0.717, 1.165) is 0 Å². The number of hydrogen-bond donors (Lipinski definition) is 1. The van der Waals surface area contributed by atoms with E-state index < -0.39 is 36.2 Å². The minimum absolute atomic E-state index is 0. The van der Waals surface area contributed by atoms with E-state index in [-0.39, 0.29) is 36.5 Å². The summed E-state index contributed by atoms with van der Waals surface area (Å²) in [7, 11) is -4.81. The second-order valence-corrected chi connectivity index (χ2v) is 4.49. The van der Waals surface area contributed by atoms with Gasteiger partial charge in [-0.1, -0.05) is 0 Å². The normalized spacial score (nSPS) is 10.6. The Balaban J connectivity index is 0. The predicted molar refractivity (Wildman–Crippen MR) is 55.4 cm³/mol. The number of nitrogens with zero attached hydrogens (tertiary/aromatic N) is 2. The van der Waals surface area contributed by atoms with Gasteiger partial charge in [-0.05, 0) is 13.0 Å². The minimum Gasteiger partial charge on any atom is -1.00 e. The van der Waals surface area contributed by atoms with E-state index in [2.05, 4.69) is 0 Å². The van der Waals surface area contributed by atoms with Crippen molar-refractivity contribution in [1.29, 1.82) is 0 Å². The molecule has 1 rings (SSSR count). The first-order valence-electron chi connectivity index (χ1n) is 4.05. The Kier molecular flexibility index (Phi) is 5.37. The van der Waals surface area contributed by atoms with E-state index >= 15 is 0 Å². The zero-order chi connectivity index (χ0) is 13.4. The maximum atomic E-state index is 10.9. The van der Waals surface area contributed by atoms with Crippen LogP contribution in [0.1, 0.15) is 6.99 Å². The van der Waals surface area contributed by atoms with Gasteiger partial charge in [0.25, 0.3) is 11.4 Å². The molecule has 0 heterocycles. The molecule has 0 aliphatic carbocycles. The third kappa shape index (κ3) is 3.46. The Hall–Kier alpha value is -1.07. The van der Waals surface area contributed by atoms with Crippen molar-refractivity contribution in [3.8, 4) is 0 Å². The second-order valence-electron chi connectivity index (χ2n) is 3.10. The Bertz CT molecular complexity index is 618. The topological polar surface area (TPSA) is 141 Å². The molecule has 0 unspecified atom stereocenters. The molecule has 0 bridgehead atoms. The first-order chi connectivity index (χ1) is 7.64. The molecule has 1 N–H and O–H groups in total. The van der Waals surface area contributed by atoms with Gasteiger partial charge in [0, 0.05) is 5.56 Å². The fourth-order valence-corrected chi connectivity index (χ4v) is 1.93. The van der Waals surface area contributed by atoms with Crippen LogP contribution in [0.5, 0.6) is 0 Å². The molecule has 0 spiro atoms. The van der Waals surface area contributed by atoms with Gasteiger partial charge in [-0.2, -0.15) is 8.42 Å². The van der Waals surface area contributed by atoms with Crippen LogP contribution < -0.4 is 29.6 Å². The first-order valence-corrected chi connectivity index (χ1v) is 5.49. The largest absolute Gasteiger partial charge is 1.00 e. The van der Waals surface area contributed by atoms with Crippen molar-refractivity contribution in [2.45, 2.75) is 11.8 Å². The molecule has 0 saturated heterocycles. The van der Waals surface area contributed by atoms with Gasteiger partial charge in [0.05, 0.1) is 15.9 Å². The summed E-state index contributed by atoms with van der Waals surface area (Å²) >= 11 is 0. The van der Waals surface area contributed by atoms with Crippen molar-refractivity contribution in [2.75, 3.05) is 0 Å². The molecule has 0 amide bonds. The maximum absolute atomic E-state index is 10.9. The third-order valence-corrected chi connectivity index (χ3v) is 2.83. The van der Waals surface area contributed by atoms with E-state index in [1.54, 1.807) is 0 Å². The zero-order valence-corrected chi connectivity index (χ0v) is 12.2. The van der Waals surface area contributed by atoms with Crippen LogP contribution in [-0.2, 0) is 10.1 Å². The van der Waals surface area contributed by atoms with Crippen molar-refractivity contribution >= 4 is 21.5 Å². The quantitative estimate of drug-likeness (QED) is 0.298. The van der Waals surface area contributed by atoms with Crippen LogP contribution >= 0.6 is 0 Å². The molecular weight excluding hydrogens is 279 g/mol. The standard InChI is InChI=1S/C7H6N2O7S.Na.H/c1-4-2-7(17(14,15)16)6(9(12)13)3-5(4)8(10)11;;/h2-3H,1H3,(H,14,15,16);;/q;+1;-1. The first kappa shape index (κ1) is 16.9. The summed E-state index contributed by atoms with van der Waals surface area (Å²) in [4.78, 5) is 18.1. The van der Waals surface area contributed by atoms with Crippen molar-refractivity contribution in [3.63, 3.8) is 0 Å². The second kappa shape index (κ2) is 5.71. The molecule has 9 nitrogen and oxygen atoms in total. The van der Waals surface area contributed by atoms with Crippen molar-refractivity contribution in [3.05, 3.63) is 37.9 Å². The minimum atomic E-state index is -4.81. The summed E-state index contributed by atoms with van der Waals surface area (Å²) in [5.41, 5.74) is -1.73. The van der Waals surface area contributed by atoms with Crippen LogP contribution in [0.15, 0.2) is 17.0 Å². The average Bonchev–Trinajstić information content (AvgIpc) is 2.14. The Morgan fingerprint density at radius 1 is 1.17 bits per heavy atom. The number of nitro groups is 2. The van der Waals surface area contributed by atoms with Crippen molar-refractivity contribution in [1.82, 2.24) is 0 Å². The van der Waals surface area contributed by atoms with Crippen LogP contribution in [0.25, 0.3) is 0 Å². The molecule has 0 aromatic heterocycles. The van der Waals surface area contributed by atoms with Gasteiger partial charge in [0.2, 0.25) is 0 Å². The third-order valence-electron chi connectivity index (χ3n) is 1.95. The zero-order valence-electron chi connectivity index (χ0n) is 10.4. The molecule has 0 fully saturated rings. The van der Waals surface area contributed by atoms with Gasteiger partial charge in [-0.3, -0.25) is 24.8 Å². The average molecular weight is 286 g/mol. The number of nitro benzene ring substituents is 2. The molecule has 18 heavy (non-hydrogen) atoms. The number of aryl methyl sites for hydroxylation is 1.